The summed E-state index contributed by atoms with van der Waals surface area (Å²) in [4.78, 5) is 73.4. The molecule has 1 aliphatic rings. The van der Waals surface area contributed by atoms with Gasteiger partial charge >= 0.3 is 5.97 Å². The van der Waals surface area contributed by atoms with Crippen molar-refractivity contribution in [1.82, 2.24) is 39.9 Å². The maximum absolute atomic E-state index is 12.8. The quantitative estimate of drug-likeness (QED) is 0.115. The molecule has 0 unspecified atom stereocenters. The number of halogens is 2. The van der Waals surface area contributed by atoms with Crippen molar-refractivity contribution >= 4 is 112 Å². The Morgan fingerprint density at radius 1 is 0.493 bits per heavy atom. The number of aromatic nitrogens is 8. The van der Waals surface area contributed by atoms with Crippen LogP contribution in [0.15, 0.2) is 169 Å². The molecule has 11 aromatic rings. The monoisotopic (exact) mass is 1040 g/mol. The first-order valence-corrected chi connectivity index (χ1v) is 24.9. The number of benzene rings is 3. The van der Waals surface area contributed by atoms with E-state index >= 15 is 0 Å². The van der Waals surface area contributed by atoms with E-state index < -0.39 is 5.97 Å². The van der Waals surface area contributed by atoms with Crippen molar-refractivity contribution in [2.45, 2.75) is 6.42 Å². The summed E-state index contributed by atoms with van der Waals surface area (Å²) >= 11 is 14.6. The van der Waals surface area contributed by atoms with Crippen molar-refractivity contribution in [2.75, 3.05) is 28.6 Å². The number of carboxylic acid groups (broad SMARTS) is 1. The van der Waals surface area contributed by atoms with Crippen LogP contribution in [-0.2, 0) is 0 Å². The normalized spacial score (nSPS) is 11.7. The zero-order chi connectivity index (χ0) is 50.3. The van der Waals surface area contributed by atoms with Gasteiger partial charge in [0.1, 0.15) is 16.1 Å². The summed E-state index contributed by atoms with van der Waals surface area (Å²) in [7, 11) is 0. The Kier molecular flexibility index (Phi) is 14.3. The molecule has 1 aliphatic heterocycles. The maximum Gasteiger partial charge on any atom is 0.337 e. The molecule has 0 aliphatic carbocycles. The van der Waals surface area contributed by atoms with Gasteiger partial charge in [-0.15, -0.1) is 22.7 Å². The fourth-order valence-electron chi connectivity index (χ4n) is 7.78. The van der Waals surface area contributed by atoms with Crippen molar-refractivity contribution in [3.63, 3.8) is 0 Å². The number of carboxylic acids is 1. The highest BCUT2D eigenvalue weighted by Gasteiger charge is 2.19. The predicted octanol–water partition coefficient (Wildman–Crippen LogP) is 12.5. The molecular weight excluding hydrogens is 1000 g/mol. The summed E-state index contributed by atoms with van der Waals surface area (Å²) in [6.07, 6.45) is 9.55. The zero-order valence-corrected chi connectivity index (χ0v) is 41.2. The molecule has 15 nitrogen and oxygen atoms in total. The molecule has 3 aromatic carbocycles. The lowest BCUT2D eigenvalue weighted by atomic mass is 10.1. The first-order valence-electron chi connectivity index (χ1n) is 22.4. The highest BCUT2D eigenvalue weighted by molar-refractivity contribution is 7.14. The third kappa shape index (κ3) is 11.1. The smallest absolute Gasteiger partial charge is 0.337 e. The summed E-state index contributed by atoms with van der Waals surface area (Å²) in [6.45, 7) is 2.09. The molecule has 2 amide bonds. The van der Waals surface area contributed by atoms with Gasteiger partial charge in [0, 0.05) is 87.7 Å². The molecule has 9 heterocycles. The highest BCUT2D eigenvalue weighted by Crippen LogP contribution is 2.29. The lowest BCUT2D eigenvalue weighted by molar-refractivity contribution is 0.0698. The van der Waals surface area contributed by atoms with E-state index in [0.717, 1.165) is 63.1 Å². The van der Waals surface area contributed by atoms with Crippen LogP contribution in [0.1, 0.15) is 37.5 Å². The highest BCUT2D eigenvalue weighted by atomic mass is 35.5. The zero-order valence-electron chi connectivity index (χ0n) is 38.1. The summed E-state index contributed by atoms with van der Waals surface area (Å²) in [5.41, 5.74) is 7.83. The van der Waals surface area contributed by atoms with Gasteiger partial charge < -0.3 is 10.0 Å². The molecule has 0 saturated carbocycles. The minimum Gasteiger partial charge on any atom is -0.478 e. The van der Waals surface area contributed by atoms with Crippen molar-refractivity contribution in [2.24, 2.45) is 0 Å². The van der Waals surface area contributed by atoms with E-state index in [-0.39, 0.29) is 17.4 Å². The number of para-hydroxylation sites is 3. The summed E-state index contributed by atoms with van der Waals surface area (Å²) in [6, 6.07) is 38.8. The van der Waals surface area contributed by atoms with Crippen LogP contribution < -0.4 is 15.5 Å². The van der Waals surface area contributed by atoms with Gasteiger partial charge in [-0.05, 0) is 79.2 Å². The number of thiazole rings is 2. The predicted molar refractivity (Wildman–Crippen MR) is 289 cm³/mol. The molecule has 8 aromatic heterocycles. The van der Waals surface area contributed by atoms with Gasteiger partial charge in [0.15, 0.2) is 10.3 Å². The molecule has 73 heavy (non-hydrogen) atoms. The number of hydrogen-bond donors (Lipinski definition) is 3. The van der Waals surface area contributed by atoms with E-state index in [9.17, 15) is 19.5 Å². The molecule has 358 valence electrons. The molecular formula is C54H37Cl2N11O4S2. The van der Waals surface area contributed by atoms with Gasteiger partial charge in [-0.3, -0.25) is 20.2 Å². The third-order valence-corrected chi connectivity index (χ3v) is 13.2. The maximum atomic E-state index is 12.8. The summed E-state index contributed by atoms with van der Waals surface area (Å²) in [5, 5.41) is 23.0. The van der Waals surface area contributed by atoms with Crippen LogP contribution in [-0.4, -0.2) is 75.9 Å². The molecule has 1 fully saturated rings. The second-order valence-electron chi connectivity index (χ2n) is 16.1. The molecule has 0 atom stereocenters. The SMILES string of the molecule is O=C(Nc1nccs1)c1cccc2ccc(-c3ccnc(Cl)c3)nc12.O=C(Nc1nccs1)c1cccc2ccc(-c3ccnc(N4CCC4)c3)nc12.O=C(O)c1cccc2ccc(-c3ccnc(Cl)c3)nc12. The largest absolute Gasteiger partial charge is 0.478 e. The van der Waals surface area contributed by atoms with Crippen LogP contribution in [0.4, 0.5) is 16.1 Å². The molecule has 0 spiro atoms. The average molecular weight is 1040 g/mol. The lowest BCUT2D eigenvalue weighted by Gasteiger charge is -2.32. The Morgan fingerprint density at radius 2 is 0.918 bits per heavy atom. The Bertz CT molecular complexity index is 3820. The fraction of sp³-hybridized carbons (Fsp3) is 0.0556. The number of carbonyl (C=O) groups excluding carboxylic acids is 2. The second kappa shape index (κ2) is 21.8. The lowest BCUT2D eigenvalue weighted by Crippen LogP contribution is -2.37. The van der Waals surface area contributed by atoms with Gasteiger partial charge in [0.2, 0.25) is 0 Å². The summed E-state index contributed by atoms with van der Waals surface area (Å²) < 4.78 is 0. The second-order valence-corrected chi connectivity index (χ2v) is 18.7. The molecule has 3 N–H and O–H groups in total. The third-order valence-electron chi connectivity index (χ3n) is 11.5. The van der Waals surface area contributed by atoms with E-state index in [1.807, 2.05) is 95.8 Å². The molecule has 19 heteroatoms. The number of rotatable bonds is 9. The first-order chi connectivity index (χ1) is 35.6. The number of amides is 2. The van der Waals surface area contributed by atoms with Crippen LogP contribution in [0.5, 0.6) is 0 Å². The number of anilines is 3. The number of nitrogens with one attached hydrogen (secondary N) is 2. The Labute approximate surface area is 434 Å². The average Bonchev–Trinajstić information content (AvgIpc) is 4.13. The Balaban J connectivity index is 0.000000127. The van der Waals surface area contributed by atoms with Crippen LogP contribution >= 0.6 is 45.9 Å². The van der Waals surface area contributed by atoms with Crippen molar-refractivity contribution in [3.8, 4) is 33.8 Å². The number of pyridine rings is 6. The number of hydrogen-bond acceptors (Lipinski definition) is 14. The minimum absolute atomic E-state index is 0.185. The first kappa shape index (κ1) is 48.0. The van der Waals surface area contributed by atoms with E-state index in [4.69, 9.17) is 28.2 Å². The van der Waals surface area contributed by atoms with E-state index in [2.05, 4.69) is 56.5 Å². The van der Waals surface area contributed by atoms with Gasteiger partial charge in [0.25, 0.3) is 11.8 Å². The molecule has 0 radical (unpaired) electrons. The van der Waals surface area contributed by atoms with Gasteiger partial charge in [-0.2, -0.15) is 0 Å². The number of aromatic carboxylic acids is 1. The molecule has 0 bridgehead atoms. The topological polar surface area (TPSA) is 202 Å². The van der Waals surface area contributed by atoms with Gasteiger partial charge in [-0.1, -0.05) is 77.8 Å². The molecule has 1 saturated heterocycles. The van der Waals surface area contributed by atoms with E-state index in [0.29, 0.717) is 53.9 Å². The molecule has 12 rings (SSSR count). The van der Waals surface area contributed by atoms with Crippen LogP contribution in [0.25, 0.3) is 66.5 Å². The van der Waals surface area contributed by atoms with Gasteiger partial charge in [0.05, 0.1) is 50.3 Å². The number of fused-ring (bicyclic) bond motifs is 3. The Morgan fingerprint density at radius 3 is 1.32 bits per heavy atom. The van der Waals surface area contributed by atoms with Crippen LogP contribution in [0.2, 0.25) is 10.3 Å². The van der Waals surface area contributed by atoms with Crippen LogP contribution in [0.3, 0.4) is 0 Å². The van der Waals surface area contributed by atoms with Gasteiger partial charge in [-0.25, -0.2) is 44.7 Å². The fourth-order valence-corrected chi connectivity index (χ4v) is 9.18. The Hall–Kier alpha value is -8.61. The standard InChI is InChI=1S/C21H17N5OS.C18H11ClN4OS.C15H9ClN2O2/c27-20(25-21-23-9-12-28-21)16-4-1-3-14-5-6-17(24-19(14)16)15-7-8-22-18(13-15)26-10-2-11-26;19-15-10-12(6-7-20-15)14-5-4-11-2-1-3-13(16(11)22-14)17(24)23-18-21-8-9-25-18;16-13-8-10(6-7-17-13)12-5-4-9-2-1-3-11(15(19)20)14(9)18-12/h1,3-9,12-13H,2,10-11H2,(H,23,25,27);1-10H,(H,21,23,24);1-8H,(H,19,20). The van der Waals surface area contributed by atoms with Crippen molar-refractivity contribution in [3.05, 3.63) is 196 Å². The van der Waals surface area contributed by atoms with Crippen LogP contribution in [0, 0.1) is 0 Å². The van der Waals surface area contributed by atoms with Crippen molar-refractivity contribution < 1.29 is 19.5 Å². The van der Waals surface area contributed by atoms with E-state index in [1.165, 1.54) is 29.1 Å². The number of carbonyl (C=O) groups is 3. The minimum atomic E-state index is -0.993. The van der Waals surface area contributed by atoms with Crippen molar-refractivity contribution in [1.29, 1.82) is 0 Å². The van der Waals surface area contributed by atoms with E-state index in [1.54, 1.807) is 67.3 Å². The summed E-state index contributed by atoms with van der Waals surface area (Å²) in [5.74, 6) is -0.465. The number of nitrogens with zero attached hydrogens (tertiary/aromatic N) is 9.